The number of azo groups is 1. The first-order valence-corrected chi connectivity index (χ1v) is 9.30. The third-order valence-electron chi connectivity index (χ3n) is 5.58. The predicted molar refractivity (Wildman–Crippen MR) is 112 cm³/mol. The molecule has 2 heterocycles. The molecule has 0 radical (unpaired) electrons. The lowest BCUT2D eigenvalue weighted by molar-refractivity contribution is 0.236. The fourth-order valence-electron chi connectivity index (χ4n) is 4.64. The van der Waals surface area contributed by atoms with Gasteiger partial charge in [0.1, 0.15) is 0 Å². The number of thiocarbonyl (C=S) groups is 1. The lowest BCUT2D eigenvalue weighted by Gasteiger charge is -2.45. The van der Waals surface area contributed by atoms with Gasteiger partial charge in [-0.1, -0.05) is 55.5 Å². The average molecular weight is 379 g/mol. The molecule has 0 amide bonds. The van der Waals surface area contributed by atoms with E-state index in [1.165, 1.54) is 5.56 Å². The minimum atomic E-state index is -0.321. The molecule has 1 aromatic heterocycles. The van der Waals surface area contributed by atoms with Crippen molar-refractivity contribution in [1.29, 1.82) is 0 Å². The van der Waals surface area contributed by atoms with Crippen molar-refractivity contribution < 1.29 is 5.11 Å². The summed E-state index contributed by atoms with van der Waals surface area (Å²) in [6, 6.07) is 16.6. The van der Waals surface area contributed by atoms with Gasteiger partial charge in [-0.2, -0.15) is 0 Å². The summed E-state index contributed by atoms with van der Waals surface area (Å²) >= 11 is 4.81. The molecule has 0 saturated heterocycles. The Hall–Kier alpha value is -2.73. The smallest absolute Gasteiger partial charge is 0.221 e. The summed E-state index contributed by atoms with van der Waals surface area (Å²) in [5, 5.41) is 19.7. The molecule has 0 bridgehead atoms. The molecule has 5 nitrogen and oxygen atoms in total. The fraction of sp³-hybridized carbons (Fsp3) is 0.286. The van der Waals surface area contributed by atoms with E-state index in [-0.39, 0.29) is 21.9 Å². The minimum absolute atomic E-state index is 0.0605. The Bertz CT molecular complexity index is 1080. The summed E-state index contributed by atoms with van der Waals surface area (Å²) in [6.45, 7) is 6.54. The van der Waals surface area contributed by atoms with E-state index in [9.17, 15) is 5.11 Å². The van der Waals surface area contributed by atoms with Gasteiger partial charge in [-0.05, 0) is 43.6 Å². The maximum Gasteiger partial charge on any atom is 0.221 e. The first-order chi connectivity index (χ1) is 12.8. The van der Waals surface area contributed by atoms with Crippen LogP contribution < -0.4 is 5.73 Å². The maximum atomic E-state index is 11.0. The zero-order valence-electron chi connectivity index (χ0n) is 15.6. The van der Waals surface area contributed by atoms with Gasteiger partial charge in [0.05, 0.1) is 5.52 Å². The molecule has 6 heteroatoms. The highest BCUT2D eigenvalue weighted by Gasteiger charge is 2.44. The highest BCUT2D eigenvalue weighted by Crippen LogP contribution is 2.54. The van der Waals surface area contributed by atoms with Crippen LogP contribution in [0.3, 0.4) is 0 Å². The van der Waals surface area contributed by atoms with E-state index in [0.717, 1.165) is 22.9 Å². The third kappa shape index (κ3) is 2.55. The van der Waals surface area contributed by atoms with Crippen LogP contribution in [0.1, 0.15) is 38.3 Å². The average Bonchev–Trinajstić information content (AvgIpc) is 2.91. The Balaban J connectivity index is 2.09. The van der Waals surface area contributed by atoms with Gasteiger partial charge >= 0.3 is 0 Å². The number of aromatic nitrogens is 1. The van der Waals surface area contributed by atoms with Gasteiger partial charge in [-0.3, -0.25) is 0 Å². The summed E-state index contributed by atoms with van der Waals surface area (Å²) in [5.41, 5.74) is 8.76. The van der Waals surface area contributed by atoms with Crippen molar-refractivity contribution in [2.75, 3.05) is 0 Å². The van der Waals surface area contributed by atoms with E-state index < -0.39 is 0 Å². The van der Waals surface area contributed by atoms with Crippen LogP contribution in [0, 0.1) is 0 Å². The molecule has 27 heavy (non-hydrogen) atoms. The Morgan fingerprint density at radius 1 is 1.11 bits per heavy atom. The molecule has 4 rings (SSSR count). The SMILES string of the molecule is CC1(C)C[C@@](C)(c2ccccc2)c2cccc3c(N=NC(N)=S)c(O)n1c23. The Morgan fingerprint density at radius 3 is 2.48 bits per heavy atom. The number of aromatic hydroxyl groups is 1. The van der Waals surface area contributed by atoms with Gasteiger partial charge in [-0.25, -0.2) is 0 Å². The molecule has 0 unspecified atom stereocenters. The molecule has 138 valence electrons. The van der Waals surface area contributed by atoms with E-state index in [0.29, 0.717) is 5.69 Å². The van der Waals surface area contributed by atoms with E-state index in [2.05, 4.69) is 61.3 Å². The molecule has 3 N–H and O–H groups in total. The van der Waals surface area contributed by atoms with Gasteiger partial charge in [-0.15, -0.1) is 10.2 Å². The molecule has 1 aliphatic heterocycles. The minimum Gasteiger partial charge on any atom is -0.493 e. The number of para-hydroxylation sites is 1. The second-order valence-electron chi connectivity index (χ2n) is 7.93. The molecular weight excluding hydrogens is 356 g/mol. The molecule has 0 fully saturated rings. The van der Waals surface area contributed by atoms with Crippen LogP contribution in [0.2, 0.25) is 0 Å². The zero-order valence-corrected chi connectivity index (χ0v) is 16.4. The number of hydrogen-bond donors (Lipinski definition) is 2. The first-order valence-electron chi connectivity index (χ1n) is 8.90. The molecule has 0 aliphatic carbocycles. The van der Waals surface area contributed by atoms with Crippen LogP contribution in [0.25, 0.3) is 10.9 Å². The predicted octanol–water partition coefficient (Wildman–Crippen LogP) is 5.12. The monoisotopic (exact) mass is 378 g/mol. The highest BCUT2D eigenvalue weighted by molar-refractivity contribution is 7.80. The third-order valence-corrected chi connectivity index (χ3v) is 5.67. The molecule has 1 aliphatic rings. The maximum absolute atomic E-state index is 11.0. The fourth-order valence-corrected chi connectivity index (χ4v) is 4.68. The van der Waals surface area contributed by atoms with Crippen LogP contribution in [0.15, 0.2) is 58.8 Å². The number of nitrogens with two attached hydrogens (primary N) is 1. The number of rotatable bonds is 2. The first kappa shape index (κ1) is 17.7. The Morgan fingerprint density at radius 2 is 1.81 bits per heavy atom. The summed E-state index contributed by atoms with van der Waals surface area (Å²) in [7, 11) is 0. The quantitative estimate of drug-likeness (QED) is 0.480. The van der Waals surface area contributed by atoms with Crippen molar-refractivity contribution >= 4 is 33.9 Å². The Labute approximate surface area is 163 Å². The lowest BCUT2D eigenvalue weighted by Crippen LogP contribution is -2.41. The number of benzene rings is 2. The van der Waals surface area contributed by atoms with Gasteiger partial charge in [0.2, 0.25) is 11.0 Å². The van der Waals surface area contributed by atoms with Gasteiger partial charge < -0.3 is 15.4 Å². The van der Waals surface area contributed by atoms with E-state index in [4.69, 9.17) is 18.0 Å². The van der Waals surface area contributed by atoms with E-state index in [1.807, 2.05) is 22.8 Å². The second-order valence-corrected chi connectivity index (χ2v) is 8.35. The molecule has 2 aromatic carbocycles. The van der Waals surface area contributed by atoms with Crippen LogP contribution in [0.4, 0.5) is 5.69 Å². The van der Waals surface area contributed by atoms with Gasteiger partial charge in [0.25, 0.3) is 0 Å². The largest absolute Gasteiger partial charge is 0.493 e. The number of hydrogen-bond acceptors (Lipinski definition) is 3. The Kier molecular flexibility index (Phi) is 3.85. The van der Waals surface area contributed by atoms with Gasteiger partial charge in [0, 0.05) is 16.3 Å². The number of nitrogens with zero attached hydrogens (tertiary/aromatic N) is 3. The molecule has 0 saturated carbocycles. The highest BCUT2D eigenvalue weighted by atomic mass is 32.1. The van der Waals surface area contributed by atoms with Crippen LogP contribution in [-0.4, -0.2) is 14.8 Å². The van der Waals surface area contributed by atoms with E-state index in [1.54, 1.807) is 0 Å². The topological polar surface area (TPSA) is 75.9 Å². The molecule has 3 aromatic rings. The molecule has 0 spiro atoms. The second kappa shape index (κ2) is 5.89. The van der Waals surface area contributed by atoms with Crippen molar-refractivity contribution in [1.82, 2.24) is 4.57 Å². The zero-order chi connectivity index (χ0) is 19.4. The standard InChI is InChI=1S/C21H22N4OS/c1-20(2)12-21(3,13-8-5-4-6-9-13)15-11-7-10-14-16(23-24-19(22)27)18(26)25(20)17(14)15/h4-11,26H,12H2,1-3H3,(H2,22,27)/t21-/m0/s1. The summed E-state index contributed by atoms with van der Waals surface area (Å²) in [5.74, 6) is 0.0950. The van der Waals surface area contributed by atoms with Crippen molar-refractivity contribution in [3.05, 3.63) is 59.7 Å². The van der Waals surface area contributed by atoms with Gasteiger partial charge in [0.15, 0.2) is 5.69 Å². The lowest BCUT2D eigenvalue weighted by atomic mass is 9.66. The summed E-state index contributed by atoms with van der Waals surface area (Å²) < 4.78 is 1.97. The molecular formula is C21H22N4OS. The summed E-state index contributed by atoms with van der Waals surface area (Å²) in [6.07, 6.45) is 0.838. The van der Waals surface area contributed by atoms with Crippen LogP contribution >= 0.6 is 12.2 Å². The van der Waals surface area contributed by atoms with Crippen molar-refractivity contribution in [3.8, 4) is 5.88 Å². The van der Waals surface area contributed by atoms with Crippen molar-refractivity contribution in [3.63, 3.8) is 0 Å². The normalized spacial score (nSPS) is 21.0. The van der Waals surface area contributed by atoms with Crippen molar-refractivity contribution in [2.24, 2.45) is 16.0 Å². The van der Waals surface area contributed by atoms with Crippen LogP contribution in [0.5, 0.6) is 5.88 Å². The van der Waals surface area contributed by atoms with Crippen molar-refractivity contribution in [2.45, 2.75) is 38.1 Å². The molecule has 1 atom stereocenters. The summed E-state index contributed by atoms with van der Waals surface area (Å²) in [4.78, 5) is 0. The van der Waals surface area contributed by atoms with Crippen LogP contribution in [-0.2, 0) is 11.0 Å². The van der Waals surface area contributed by atoms with E-state index >= 15 is 0 Å².